The summed E-state index contributed by atoms with van der Waals surface area (Å²) < 4.78 is 49.4. The van der Waals surface area contributed by atoms with Crippen molar-refractivity contribution < 1.29 is 32.5 Å². The zero-order valence-corrected chi connectivity index (χ0v) is 19.5. The molecule has 0 spiro atoms. The number of phenols is 1. The highest BCUT2D eigenvalue weighted by molar-refractivity contribution is 7.92. The maximum absolute atomic E-state index is 12.9. The second-order valence-electron chi connectivity index (χ2n) is 6.82. The zero-order chi connectivity index (χ0) is 24.0. The summed E-state index contributed by atoms with van der Waals surface area (Å²) in [6.45, 7) is 0. The topological polar surface area (TPSA) is 103 Å². The van der Waals surface area contributed by atoms with Crippen molar-refractivity contribution in [2.75, 3.05) is 33.2 Å². The summed E-state index contributed by atoms with van der Waals surface area (Å²) in [5, 5.41) is 9.95. The number of nitrogens with one attached hydrogen (secondary N) is 1. The monoisotopic (exact) mass is 471 g/mol. The van der Waals surface area contributed by atoms with Crippen molar-refractivity contribution in [3.63, 3.8) is 0 Å². The molecule has 0 saturated heterocycles. The van der Waals surface area contributed by atoms with Gasteiger partial charge in [-0.05, 0) is 41.5 Å². The average Bonchev–Trinajstić information content (AvgIpc) is 2.82. The summed E-state index contributed by atoms with van der Waals surface area (Å²) in [4.78, 5) is -0.0933. The number of para-hydroxylation sites is 1. The smallest absolute Gasteiger partial charge is 0.262 e. The van der Waals surface area contributed by atoms with Crippen molar-refractivity contribution in [3.05, 3.63) is 65.7 Å². The summed E-state index contributed by atoms with van der Waals surface area (Å²) in [6.07, 6.45) is 3.57. The van der Waals surface area contributed by atoms with Gasteiger partial charge in [-0.15, -0.1) is 0 Å². The molecule has 8 nitrogen and oxygen atoms in total. The van der Waals surface area contributed by atoms with Gasteiger partial charge in [-0.25, -0.2) is 8.42 Å². The Hall–Kier alpha value is -3.85. The van der Waals surface area contributed by atoms with Crippen LogP contribution in [-0.4, -0.2) is 42.0 Å². The Kier molecular flexibility index (Phi) is 7.34. The highest BCUT2D eigenvalue weighted by atomic mass is 32.2. The summed E-state index contributed by atoms with van der Waals surface area (Å²) in [6, 6.07) is 14.4. The third-order valence-corrected chi connectivity index (χ3v) is 6.17. The first kappa shape index (κ1) is 23.8. The summed E-state index contributed by atoms with van der Waals surface area (Å²) in [7, 11) is 2.03. The molecule has 0 aliphatic carbocycles. The second kappa shape index (κ2) is 10.2. The molecular formula is C24H25NO7S. The minimum Gasteiger partial charge on any atom is -0.504 e. The molecule has 3 aromatic rings. The van der Waals surface area contributed by atoms with Crippen LogP contribution in [0.5, 0.6) is 28.7 Å². The third kappa shape index (κ3) is 5.32. The molecule has 0 fully saturated rings. The number of hydrogen-bond donors (Lipinski definition) is 2. The number of methoxy groups -OCH3 is 4. The maximum Gasteiger partial charge on any atom is 0.262 e. The molecule has 0 aliphatic heterocycles. The van der Waals surface area contributed by atoms with Crippen molar-refractivity contribution >= 4 is 27.9 Å². The Balaban J connectivity index is 1.93. The number of aromatic hydroxyl groups is 1. The summed E-state index contributed by atoms with van der Waals surface area (Å²) in [5.41, 5.74) is 1.77. The first-order valence-electron chi connectivity index (χ1n) is 9.80. The van der Waals surface area contributed by atoms with Gasteiger partial charge in [-0.2, -0.15) is 0 Å². The fourth-order valence-corrected chi connectivity index (χ4v) is 4.27. The van der Waals surface area contributed by atoms with Crippen LogP contribution in [0.25, 0.3) is 12.2 Å². The van der Waals surface area contributed by atoms with E-state index in [0.29, 0.717) is 28.5 Å². The van der Waals surface area contributed by atoms with Crippen LogP contribution in [0.3, 0.4) is 0 Å². The van der Waals surface area contributed by atoms with Gasteiger partial charge in [0.05, 0.1) is 39.0 Å². The number of rotatable bonds is 9. The van der Waals surface area contributed by atoms with Gasteiger partial charge in [0.2, 0.25) is 5.75 Å². The maximum atomic E-state index is 12.9. The molecular weight excluding hydrogens is 446 g/mol. The van der Waals surface area contributed by atoms with E-state index in [1.165, 1.54) is 40.6 Å². The molecule has 174 valence electrons. The third-order valence-electron chi connectivity index (χ3n) is 4.81. The zero-order valence-electron chi connectivity index (χ0n) is 18.7. The number of anilines is 1. The average molecular weight is 472 g/mol. The van der Waals surface area contributed by atoms with Crippen LogP contribution in [0.4, 0.5) is 5.69 Å². The number of phenolic OH excluding ortho intramolecular Hbond substituents is 1. The predicted octanol–water partition coefficient (Wildman–Crippen LogP) is 4.40. The van der Waals surface area contributed by atoms with Crippen LogP contribution in [0, 0.1) is 0 Å². The van der Waals surface area contributed by atoms with E-state index < -0.39 is 10.0 Å². The van der Waals surface area contributed by atoms with E-state index in [1.807, 2.05) is 0 Å². The Morgan fingerprint density at radius 2 is 1.42 bits per heavy atom. The highest BCUT2D eigenvalue weighted by Gasteiger charge is 2.18. The van der Waals surface area contributed by atoms with Crippen molar-refractivity contribution in [3.8, 4) is 28.7 Å². The van der Waals surface area contributed by atoms with E-state index in [0.717, 1.165) is 11.6 Å². The minimum atomic E-state index is -3.95. The fourth-order valence-electron chi connectivity index (χ4n) is 3.16. The number of hydrogen-bond acceptors (Lipinski definition) is 7. The number of ether oxygens (including phenoxy) is 4. The van der Waals surface area contributed by atoms with E-state index in [9.17, 15) is 13.5 Å². The fraction of sp³-hybridized carbons (Fsp3) is 0.167. The van der Waals surface area contributed by atoms with Crippen molar-refractivity contribution in [1.82, 2.24) is 0 Å². The molecule has 33 heavy (non-hydrogen) atoms. The quantitative estimate of drug-likeness (QED) is 0.446. The lowest BCUT2D eigenvalue weighted by atomic mass is 10.1. The Morgan fingerprint density at radius 1 is 0.788 bits per heavy atom. The Labute approximate surface area is 193 Å². The van der Waals surface area contributed by atoms with Crippen LogP contribution >= 0.6 is 0 Å². The largest absolute Gasteiger partial charge is 0.504 e. The van der Waals surface area contributed by atoms with Gasteiger partial charge in [0.1, 0.15) is 0 Å². The van der Waals surface area contributed by atoms with Gasteiger partial charge in [0.15, 0.2) is 23.0 Å². The molecule has 0 atom stereocenters. The second-order valence-corrected chi connectivity index (χ2v) is 8.50. The predicted molar refractivity (Wildman–Crippen MR) is 127 cm³/mol. The standard InChI is InChI=1S/C24H25NO7S/c1-29-21-12-11-18(15-20(21)26)33(27,28)25-19-8-6-5-7-17(19)10-9-16-13-22(30-2)24(32-4)23(14-16)31-3/h5-15,25-26H,1-4H3. The van der Waals surface area contributed by atoms with Gasteiger partial charge in [0.25, 0.3) is 10.0 Å². The van der Waals surface area contributed by atoms with Crippen molar-refractivity contribution in [2.24, 2.45) is 0 Å². The van der Waals surface area contributed by atoms with Crippen LogP contribution in [-0.2, 0) is 10.0 Å². The summed E-state index contributed by atoms with van der Waals surface area (Å²) >= 11 is 0. The number of sulfonamides is 1. The van der Waals surface area contributed by atoms with Crippen LogP contribution in [0.15, 0.2) is 59.5 Å². The van der Waals surface area contributed by atoms with Gasteiger partial charge >= 0.3 is 0 Å². The normalized spacial score (nSPS) is 11.3. The van der Waals surface area contributed by atoms with E-state index >= 15 is 0 Å². The highest BCUT2D eigenvalue weighted by Crippen LogP contribution is 2.38. The van der Waals surface area contributed by atoms with Crippen molar-refractivity contribution in [2.45, 2.75) is 4.90 Å². The first-order valence-corrected chi connectivity index (χ1v) is 11.3. The van der Waals surface area contributed by atoms with Gasteiger partial charge in [-0.1, -0.05) is 30.4 Å². The number of benzene rings is 3. The molecule has 0 aliphatic rings. The molecule has 0 radical (unpaired) electrons. The molecule has 2 N–H and O–H groups in total. The lowest BCUT2D eigenvalue weighted by Gasteiger charge is -2.13. The lowest BCUT2D eigenvalue weighted by molar-refractivity contribution is 0.324. The first-order chi connectivity index (χ1) is 15.8. The molecule has 3 aromatic carbocycles. The van der Waals surface area contributed by atoms with Crippen molar-refractivity contribution in [1.29, 1.82) is 0 Å². The SMILES string of the molecule is COc1ccc(S(=O)(=O)Nc2ccccc2C=Cc2cc(OC)c(OC)c(OC)c2)cc1O. The van der Waals surface area contributed by atoms with E-state index in [2.05, 4.69) is 4.72 Å². The molecule has 0 bridgehead atoms. The molecule has 9 heteroatoms. The lowest BCUT2D eigenvalue weighted by Crippen LogP contribution is -2.13. The molecule has 0 amide bonds. The molecule has 3 rings (SSSR count). The van der Waals surface area contributed by atoms with Gasteiger partial charge in [0, 0.05) is 6.07 Å². The Morgan fingerprint density at radius 3 is 2.00 bits per heavy atom. The molecule has 0 unspecified atom stereocenters. The Bertz CT molecular complexity index is 1240. The van der Waals surface area contributed by atoms with E-state index in [4.69, 9.17) is 18.9 Å². The molecule has 0 saturated carbocycles. The van der Waals surface area contributed by atoms with Gasteiger partial charge in [-0.3, -0.25) is 4.72 Å². The molecule has 0 heterocycles. The summed E-state index contributed by atoms with van der Waals surface area (Å²) in [5.74, 6) is 1.40. The van der Waals surface area contributed by atoms with Crippen LogP contribution in [0.2, 0.25) is 0 Å². The molecule has 0 aromatic heterocycles. The van der Waals surface area contributed by atoms with Crippen LogP contribution in [0.1, 0.15) is 11.1 Å². The van der Waals surface area contributed by atoms with Gasteiger partial charge < -0.3 is 24.1 Å². The van der Waals surface area contributed by atoms with Crippen LogP contribution < -0.4 is 23.7 Å². The minimum absolute atomic E-state index is 0.0933. The van der Waals surface area contributed by atoms with E-state index in [1.54, 1.807) is 48.6 Å². The van der Waals surface area contributed by atoms with E-state index in [-0.39, 0.29) is 16.4 Å².